The van der Waals surface area contributed by atoms with Crippen LogP contribution in [-0.2, 0) is 0 Å². The van der Waals surface area contributed by atoms with Crippen molar-refractivity contribution >= 4 is 0 Å². The average Bonchev–Trinajstić information content (AvgIpc) is 1.96. The molecular formula is CHN3O7. The van der Waals surface area contributed by atoms with Crippen LogP contribution < -0.4 is 0 Å². The summed E-state index contributed by atoms with van der Waals surface area (Å²) >= 11 is 0. The molecule has 0 aromatic heterocycles. The van der Waals surface area contributed by atoms with E-state index in [0.29, 0.717) is 0 Å². The molecule has 0 unspecified atom stereocenters. The van der Waals surface area contributed by atoms with Crippen molar-refractivity contribution in [3.8, 4) is 0 Å². The van der Waals surface area contributed by atoms with Gasteiger partial charge >= 0.3 is 12.2 Å². The van der Waals surface area contributed by atoms with Crippen molar-refractivity contribution in [3.63, 3.8) is 0 Å². The molecule has 0 rings (SSSR count). The molecule has 1 N–H and O–H groups in total. The minimum absolute atomic E-state index is 1.00. The Kier molecular flexibility index (Phi) is 647. The van der Waals surface area contributed by atoms with Crippen LogP contribution in [0.25, 0.3) is 0 Å². The van der Waals surface area contributed by atoms with E-state index in [4.69, 9.17) is 42.6 Å². The van der Waals surface area contributed by atoms with E-state index in [1.54, 1.807) is 0 Å². The average molecular weight is 167 g/mol. The maximum atomic E-state index is 8.00. The monoisotopic (exact) mass is 167 g/mol. The van der Waals surface area contributed by atoms with E-state index in [1.807, 2.05) is 0 Å². The second kappa shape index (κ2) is 311. The summed E-state index contributed by atoms with van der Waals surface area (Å²) < 4.78 is 0. The number of hydrogen-bond acceptors (Lipinski definition) is 10. The van der Waals surface area contributed by atoms with Gasteiger partial charge in [0.1, 0.15) is 0 Å². The standard InChI is InChI=1S/CHO.3HNO2/c1-2;3*2-1-3/h2H;3*(H,2,3)/q+3;;;/p-3. The zero-order chi connectivity index (χ0) is 10.1. The fourth-order valence-electron chi connectivity index (χ4n) is 0. The normalized spacial score (nSPS) is 3.91. The quantitative estimate of drug-likeness (QED) is 0.406. The van der Waals surface area contributed by atoms with E-state index in [2.05, 4.69) is 0 Å². The van der Waals surface area contributed by atoms with Gasteiger partial charge in [0.15, 0.2) is 0 Å². The van der Waals surface area contributed by atoms with Crippen molar-refractivity contribution in [2.24, 2.45) is 16.0 Å². The number of aliphatic hydroxyl groups is 1. The van der Waals surface area contributed by atoms with Gasteiger partial charge in [-0.15, -0.1) is 16.0 Å². The molecule has 0 aromatic carbocycles. The Balaban J connectivity index is -0.0000000301. The minimum atomic E-state index is 1.00. The van der Waals surface area contributed by atoms with Crippen molar-refractivity contribution in [2.45, 2.75) is 0 Å². The first-order valence-electron chi connectivity index (χ1n) is 1.32. The molecule has 0 aliphatic rings. The zero-order valence-electron chi connectivity index (χ0n) is 4.74. The van der Waals surface area contributed by atoms with Crippen LogP contribution in [-0.4, -0.2) is 5.11 Å². The molecule has 0 aliphatic carbocycles. The van der Waals surface area contributed by atoms with Gasteiger partial charge in [-0.05, 0) is 0 Å². The van der Waals surface area contributed by atoms with E-state index in [-0.39, 0.29) is 0 Å². The Morgan fingerprint density at radius 1 is 0.818 bits per heavy atom. The van der Waals surface area contributed by atoms with Crippen molar-refractivity contribution < 1.29 is 5.11 Å². The van der Waals surface area contributed by atoms with Gasteiger partial charge in [-0.3, -0.25) is 0 Å². The van der Waals surface area contributed by atoms with E-state index in [9.17, 15) is 0 Å². The summed E-state index contributed by atoms with van der Waals surface area (Å²) in [4.78, 5) is 24.0. The molecule has 62 valence electrons. The van der Waals surface area contributed by atoms with Crippen LogP contribution in [0, 0.1) is 37.5 Å². The van der Waals surface area contributed by atoms with E-state index in [0.717, 1.165) is 16.0 Å². The Hall–Kier alpha value is -1.84. The Bertz CT molecular complexity index is 50.4. The SMILES string of the molecule is O=N[O-].O=N[O-].O=N[O-].[C+3]O. The summed E-state index contributed by atoms with van der Waals surface area (Å²) in [7, 11) is 4.75. The summed E-state index contributed by atoms with van der Waals surface area (Å²) in [6.07, 6.45) is 0. The summed E-state index contributed by atoms with van der Waals surface area (Å²) in [6, 6.07) is 0. The van der Waals surface area contributed by atoms with Gasteiger partial charge in [0, 0.05) is 0 Å². The molecule has 0 saturated carbocycles. The van der Waals surface area contributed by atoms with Gasteiger partial charge in [-0.25, -0.2) is 0 Å². The summed E-state index contributed by atoms with van der Waals surface area (Å²) in [5.74, 6) is 0. The van der Waals surface area contributed by atoms with Gasteiger partial charge in [0.05, 0.1) is 0 Å². The Morgan fingerprint density at radius 3 is 0.818 bits per heavy atom. The molecule has 10 nitrogen and oxygen atoms in total. The first kappa shape index (κ1) is 22.9. The van der Waals surface area contributed by atoms with E-state index < -0.39 is 0 Å². The zero-order valence-corrected chi connectivity index (χ0v) is 4.74. The van der Waals surface area contributed by atoms with Crippen molar-refractivity contribution in [2.75, 3.05) is 0 Å². The molecule has 0 heterocycles. The van der Waals surface area contributed by atoms with Crippen LogP contribution in [0.3, 0.4) is 0 Å². The van der Waals surface area contributed by atoms with Crippen molar-refractivity contribution in [3.05, 3.63) is 37.5 Å². The van der Waals surface area contributed by atoms with Crippen molar-refractivity contribution in [1.82, 2.24) is 0 Å². The molecular weight excluding hydrogens is 166 g/mol. The van der Waals surface area contributed by atoms with Crippen molar-refractivity contribution in [1.29, 1.82) is 0 Å². The predicted octanol–water partition coefficient (Wildman–Crippen LogP) is 0.656. The van der Waals surface area contributed by atoms with Crippen LogP contribution in [0.4, 0.5) is 0 Å². The fraction of sp³-hybridized carbons (Fsp3) is 0. The summed E-state index contributed by atoms with van der Waals surface area (Å²) in [6.45, 7) is 0. The van der Waals surface area contributed by atoms with Gasteiger partial charge in [-0.2, -0.15) is 0 Å². The third-order valence-electron chi connectivity index (χ3n) is 0. The van der Waals surface area contributed by atoms with E-state index >= 15 is 0 Å². The second-order valence-corrected chi connectivity index (χ2v) is 0.224. The Labute approximate surface area is 59.9 Å². The van der Waals surface area contributed by atoms with Crippen LogP contribution in [0.15, 0.2) is 16.0 Å². The number of nitrogens with zero attached hydrogens (tertiary/aromatic N) is 3. The fourth-order valence-corrected chi connectivity index (χ4v) is 0. The molecule has 11 heavy (non-hydrogen) atoms. The first-order chi connectivity index (χ1) is 5.24. The van der Waals surface area contributed by atoms with Gasteiger partial charge in [0.25, 0.3) is 0 Å². The molecule has 0 atom stereocenters. The third-order valence-corrected chi connectivity index (χ3v) is 0. The molecule has 0 amide bonds. The summed E-state index contributed by atoms with van der Waals surface area (Å²) in [5, 5.41) is 33.2. The van der Waals surface area contributed by atoms with E-state index in [1.165, 1.54) is 0 Å². The first-order valence-corrected chi connectivity index (χ1v) is 1.32. The predicted molar refractivity (Wildman–Crippen MR) is 32.7 cm³/mol. The summed E-state index contributed by atoms with van der Waals surface area (Å²) in [5.41, 5.74) is 0. The number of rotatable bonds is 0. The molecule has 0 aliphatic heterocycles. The van der Waals surface area contributed by atoms with Crippen LogP contribution in [0.1, 0.15) is 0 Å². The molecule has 0 radical (unpaired) electrons. The molecule has 0 spiro atoms. The molecule has 10 heteroatoms. The Morgan fingerprint density at radius 2 is 0.818 bits per heavy atom. The third kappa shape index (κ3) is 91.5. The van der Waals surface area contributed by atoms with Gasteiger partial charge in [-0.1, -0.05) is 0 Å². The van der Waals surface area contributed by atoms with Crippen LogP contribution in [0.5, 0.6) is 0 Å². The van der Waals surface area contributed by atoms with Gasteiger partial charge in [0.2, 0.25) is 0 Å². The van der Waals surface area contributed by atoms with Crippen LogP contribution >= 0.6 is 0 Å². The topological polar surface area (TPSA) is 178 Å². The second-order valence-electron chi connectivity index (χ2n) is 0.224. The molecule has 0 saturated heterocycles. The van der Waals surface area contributed by atoms with Crippen LogP contribution in [0.2, 0.25) is 0 Å². The van der Waals surface area contributed by atoms with Gasteiger partial charge < -0.3 is 30.3 Å². The molecule has 0 aromatic rings. The molecule has 0 fully saturated rings. The number of aliphatic hydroxyl groups excluding tert-OH is 1. The number of hydrogen-bond donors (Lipinski definition) is 1. The molecule has 0 bridgehead atoms. The maximum absolute atomic E-state index is 8.00.